The summed E-state index contributed by atoms with van der Waals surface area (Å²) in [6, 6.07) is 0.802. The number of hydrogen-bond acceptors (Lipinski definition) is 3. The van der Waals surface area contributed by atoms with Crippen molar-refractivity contribution in [3.8, 4) is 0 Å². The van der Waals surface area contributed by atoms with Gasteiger partial charge in [-0.05, 0) is 51.2 Å². The van der Waals surface area contributed by atoms with Crippen LogP contribution in [0.15, 0.2) is 0 Å². The van der Waals surface area contributed by atoms with E-state index in [1.54, 1.807) is 0 Å². The maximum atomic E-state index is 11.8. The van der Waals surface area contributed by atoms with E-state index in [-0.39, 0.29) is 5.91 Å². The summed E-state index contributed by atoms with van der Waals surface area (Å²) in [5, 5.41) is 6.41. The third kappa shape index (κ3) is 4.58. The molecule has 1 saturated carbocycles. The molecule has 1 amide bonds. The van der Waals surface area contributed by atoms with Gasteiger partial charge in [-0.25, -0.2) is 0 Å². The van der Waals surface area contributed by atoms with E-state index >= 15 is 0 Å². The molecule has 2 N–H and O–H groups in total. The van der Waals surface area contributed by atoms with Crippen molar-refractivity contribution in [2.75, 3.05) is 32.7 Å². The highest BCUT2D eigenvalue weighted by Crippen LogP contribution is 2.25. The van der Waals surface area contributed by atoms with E-state index in [1.807, 2.05) is 0 Å². The van der Waals surface area contributed by atoms with E-state index < -0.39 is 0 Å². The lowest BCUT2D eigenvalue weighted by atomic mass is 9.94. The molecule has 0 aromatic rings. The zero-order valence-electron chi connectivity index (χ0n) is 11.6. The largest absolute Gasteiger partial charge is 0.355 e. The first-order valence-corrected chi connectivity index (χ1v) is 7.51. The van der Waals surface area contributed by atoms with E-state index in [0.717, 1.165) is 58.0 Å². The molecule has 1 aliphatic carbocycles. The monoisotopic (exact) mass is 253 g/mol. The zero-order chi connectivity index (χ0) is 12.8. The molecule has 0 aromatic carbocycles. The van der Waals surface area contributed by atoms with Crippen molar-refractivity contribution < 1.29 is 4.79 Å². The van der Waals surface area contributed by atoms with Crippen LogP contribution in [0.1, 0.15) is 39.0 Å². The molecule has 1 heterocycles. The van der Waals surface area contributed by atoms with Crippen LogP contribution >= 0.6 is 0 Å². The van der Waals surface area contributed by atoms with Crippen LogP contribution in [0, 0.1) is 5.92 Å². The van der Waals surface area contributed by atoms with Crippen LogP contribution in [0.5, 0.6) is 0 Å². The van der Waals surface area contributed by atoms with Gasteiger partial charge in [-0.15, -0.1) is 0 Å². The van der Waals surface area contributed by atoms with Gasteiger partial charge in [-0.2, -0.15) is 0 Å². The van der Waals surface area contributed by atoms with E-state index in [2.05, 4.69) is 22.5 Å². The summed E-state index contributed by atoms with van der Waals surface area (Å²) in [4.78, 5) is 14.3. The van der Waals surface area contributed by atoms with Crippen molar-refractivity contribution in [3.05, 3.63) is 0 Å². The van der Waals surface area contributed by atoms with Crippen LogP contribution in [0.2, 0.25) is 0 Å². The maximum absolute atomic E-state index is 11.8. The van der Waals surface area contributed by atoms with Gasteiger partial charge in [0.2, 0.25) is 5.91 Å². The highest BCUT2D eigenvalue weighted by atomic mass is 16.1. The number of amides is 1. The average Bonchev–Trinajstić information content (AvgIpc) is 3.20. The lowest BCUT2D eigenvalue weighted by molar-refractivity contribution is -0.122. The molecular weight excluding hydrogens is 226 g/mol. The summed E-state index contributed by atoms with van der Waals surface area (Å²) in [7, 11) is 0. The Morgan fingerprint density at radius 1 is 1.28 bits per heavy atom. The Labute approximate surface area is 110 Å². The summed E-state index contributed by atoms with van der Waals surface area (Å²) in [6.07, 6.45) is 5.71. The average molecular weight is 253 g/mol. The van der Waals surface area contributed by atoms with Crippen molar-refractivity contribution in [1.82, 2.24) is 15.5 Å². The normalized spacial score (nSPS) is 21.2. The molecule has 1 saturated heterocycles. The Bertz CT molecular complexity index is 260. The molecule has 18 heavy (non-hydrogen) atoms. The standard InChI is InChI=1S/C14H27N3O/c1-2-17(13-3-4-13)10-9-16-14(18)11-12-5-7-15-8-6-12/h12-13,15H,2-11H2,1H3,(H,16,18). The lowest BCUT2D eigenvalue weighted by Crippen LogP contribution is -2.37. The second-order valence-corrected chi connectivity index (χ2v) is 5.61. The smallest absolute Gasteiger partial charge is 0.220 e. The highest BCUT2D eigenvalue weighted by molar-refractivity contribution is 5.76. The fraction of sp³-hybridized carbons (Fsp3) is 0.929. The van der Waals surface area contributed by atoms with E-state index in [0.29, 0.717) is 5.92 Å². The molecular formula is C14H27N3O. The van der Waals surface area contributed by atoms with E-state index in [4.69, 9.17) is 0 Å². The minimum Gasteiger partial charge on any atom is -0.355 e. The molecule has 2 aliphatic rings. The number of hydrogen-bond donors (Lipinski definition) is 2. The first kappa shape index (κ1) is 13.8. The Morgan fingerprint density at radius 3 is 2.61 bits per heavy atom. The van der Waals surface area contributed by atoms with Gasteiger partial charge in [-0.1, -0.05) is 6.92 Å². The van der Waals surface area contributed by atoms with Crippen LogP contribution < -0.4 is 10.6 Å². The van der Waals surface area contributed by atoms with Gasteiger partial charge in [0.25, 0.3) is 0 Å². The zero-order valence-corrected chi connectivity index (χ0v) is 11.6. The predicted molar refractivity (Wildman–Crippen MR) is 73.5 cm³/mol. The molecule has 2 fully saturated rings. The molecule has 104 valence electrons. The molecule has 4 nitrogen and oxygen atoms in total. The number of nitrogens with zero attached hydrogens (tertiary/aromatic N) is 1. The van der Waals surface area contributed by atoms with Crippen molar-refractivity contribution in [2.24, 2.45) is 5.92 Å². The second kappa shape index (κ2) is 7.10. The van der Waals surface area contributed by atoms with Crippen LogP contribution in [0.25, 0.3) is 0 Å². The Morgan fingerprint density at radius 2 is 2.00 bits per heavy atom. The number of likely N-dealkylation sites (N-methyl/N-ethyl adjacent to an activating group) is 1. The topological polar surface area (TPSA) is 44.4 Å². The van der Waals surface area contributed by atoms with Crippen LogP contribution in [-0.4, -0.2) is 49.6 Å². The van der Waals surface area contributed by atoms with Crippen LogP contribution in [-0.2, 0) is 4.79 Å². The van der Waals surface area contributed by atoms with Crippen molar-refractivity contribution >= 4 is 5.91 Å². The number of rotatable bonds is 7. The second-order valence-electron chi connectivity index (χ2n) is 5.61. The number of carbonyl (C=O) groups is 1. The molecule has 0 aromatic heterocycles. The fourth-order valence-electron chi connectivity index (χ4n) is 2.80. The first-order valence-electron chi connectivity index (χ1n) is 7.51. The summed E-state index contributed by atoms with van der Waals surface area (Å²) in [5.74, 6) is 0.839. The Hall–Kier alpha value is -0.610. The summed E-state index contributed by atoms with van der Waals surface area (Å²) in [5.41, 5.74) is 0. The van der Waals surface area contributed by atoms with E-state index in [9.17, 15) is 4.79 Å². The van der Waals surface area contributed by atoms with Gasteiger partial charge in [0, 0.05) is 25.6 Å². The number of piperidine rings is 1. The van der Waals surface area contributed by atoms with Gasteiger partial charge < -0.3 is 10.6 Å². The first-order chi connectivity index (χ1) is 8.79. The van der Waals surface area contributed by atoms with Gasteiger partial charge >= 0.3 is 0 Å². The maximum Gasteiger partial charge on any atom is 0.220 e. The number of nitrogens with one attached hydrogen (secondary N) is 2. The van der Waals surface area contributed by atoms with E-state index in [1.165, 1.54) is 12.8 Å². The summed E-state index contributed by atoms with van der Waals surface area (Å²) in [6.45, 7) is 7.28. The van der Waals surface area contributed by atoms with Gasteiger partial charge in [0.1, 0.15) is 0 Å². The van der Waals surface area contributed by atoms with Crippen LogP contribution in [0.4, 0.5) is 0 Å². The SMILES string of the molecule is CCN(CCNC(=O)CC1CCNCC1)C1CC1. The Kier molecular flexibility index (Phi) is 5.45. The van der Waals surface area contributed by atoms with Crippen molar-refractivity contribution in [3.63, 3.8) is 0 Å². The minimum absolute atomic E-state index is 0.244. The quantitative estimate of drug-likeness (QED) is 0.711. The highest BCUT2D eigenvalue weighted by Gasteiger charge is 2.27. The molecule has 1 aliphatic heterocycles. The molecule has 0 unspecified atom stereocenters. The van der Waals surface area contributed by atoms with Crippen molar-refractivity contribution in [1.29, 1.82) is 0 Å². The van der Waals surface area contributed by atoms with Gasteiger partial charge in [0.15, 0.2) is 0 Å². The summed E-state index contributed by atoms with van der Waals surface area (Å²) >= 11 is 0. The summed E-state index contributed by atoms with van der Waals surface area (Å²) < 4.78 is 0. The van der Waals surface area contributed by atoms with Gasteiger partial charge in [0.05, 0.1) is 0 Å². The molecule has 0 radical (unpaired) electrons. The fourth-order valence-corrected chi connectivity index (χ4v) is 2.80. The van der Waals surface area contributed by atoms with Crippen LogP contribution in [0.3, 0.4) is 0 Å². The molecule has 0 spiro atoms. The molecule has 0 atom stereocenters. The molecule has 0 bridgehead atoms. The Balaban J connectivity index is 1.56. The molecule has 4 heteroatoms. The van der Waals surface area contributed by atoms with Gasteiger partial charge in [-0.3, -0.25) is 9.69 Å². The lowest BCUT2D eigenvalue weighted by Gasteiger charge is -2.23. The predicted octanol–water partition coefficient (Wildman–Crippen LogP) is 0.977. The molecule has 2 rings (SSSR count). The van der Waals surface area contributed by atoms with Crippen molar-refractivity contribution in [2.45, 2.75) is 45.1 Å². The minimum atomic E-state index is 0.244. The third-order valence-electron chi connectivity index (χ3n) is 4.12. The number of carbonyl (C=O) groups excluding carboxylic acids is 1. The third-order valence-corrected chi connectivity index (χ3v) is 4.12.